The summed E-state index contributed by atoms with van der Waals surface area (Å²) in [6, 6.07) is 2.34. The fourth-order valence-corrected chi connectivity index (χ4v) is 1.29. The Bertz CT molecular complexity index is 421. The van der Waals surface area contributed by atoms with E-state index >= 15 is 0 Å². The molecule has 4 nitrogen and oxygen atoms in total. The summed E-state index contributed by atoms with van der Waals surface area (Å²) in [7, 11) is 0. The van der Waals surface area contributed by atoms with Gasteiger partial charge in [0.05, 0.1) is 4.92 Å². The van der Waals surface area contributed by atoms with Crippen molar-refractivity contribution in [2.24, 2.45) is 0 Å². The highest BCUT2D eigenvalue weighted by Crippen LogP contribution is 2.35. The van der Waals surface area contributed by atoms with E-state index in [2.05, 4.69) is 0 Å². The van der Waals surface area contributed by atoms with E-state index in [1.165, 1.54) is 0 Å². The van der Waals surface area contributed by atoms with Crippen LogP contribution in [0.1, 0.15) is 11.7 Å². The van der Waals surface area contributed by atoms with E-state index in [1.54, 1.807) is 0 Å². The lowest BCUT2D eigenvalue weighted by molar-refractivity contribution is -0.384. The van der Waals surface area contributed by atoms with Crippen LogP contribution in [0, 0.1) is 10.1 Å². The summed E-state index contributed by atoms with van der Waals surface area (Å²) >= 11 is 5.40. The molecule has 8 heteroatoms. The lowest BCUT2D eigenvalue weighted by atomic mass is 10.1. The topological polar surface area (TPSA) is 63.4 Å². The fourth-order valence-electron chi connectivity index (χ4n) is 1.03. The largest absolute Gasteiger partial charge is 0.418 e. The molecule has 0 aliphatic carbocycles. The summed E-state index contributed by atoms with van der Waals surface area (Å²) in [6.45, 7) is 0. The van der Waals surface area contributed by atoms with Gasteiger partial charge in [0, 0.05) is 6.07 Å². The Hall–Kier alpha value is -1.34. The maximum atomic E-state index is 12.1. The average molecular weight is 256 g/mol. The second-order valence-corrected chi connectivity index (χ2v) is 3.32. The van der Waals surface area contributed by atoms with Crippen LogP contribution in [0.15, 0.2) is 18.2 Å². The van der Waals surface area contributed by atoms with Gasteiger partial charge < -0.3 is 5.11 Å². The van der Waals surface area contributed by atoms with Gasteiger partial charge in [-0.15, -0.1) is 0 Å². The maximum Gasteiger partial charge on any atom is 0.418 e. The van der Waals surface area contributed by atoms with Crippen LogP contribution >= 0.6 is 11.6 Å². The van der Waals surface area contributed by atoms with Gasteiger partial charge in [0.15, 0.2) is 6.10 Å². The van der Waals surface area contributed by atoms with Crippen molar-refractivity contribution in [3.8, 4) is 0 Å². The van der Waals surface area contributed by atoms with Crippen LogP contribution in [0.3, 0.4) is 0 Å². The van der Waals surface area contributed by atoms with Crippen LogP contribution in [-0.4, -0.2) is 16.2 Å². The lowest BCUT2D eigenvalue weighted by Crippen LogP contribution is -2.20. The normalized spacial score (nSPS) is 13.6. The van der Waals surface area contributed by atoms with Crippen LogP contribution in [0.4, 0.5) is 18.9 Å². The van der Waals surface area contributed by atoms with E-state index in [4.69, 9.17) is 16.7 Å². The highest BCUT2D eigenvalue weighted by atomic mass is 35.5. The standard InChI is InChI=1S/C8H5ClF3NO3/c9-5-3-4(7(14)8(10,11)12)1-2-6(5)13(15)16/h1-3,7,14H/t7-/m0/s1. The Kier molecular flexibility index (Phi) is 3.39. The van der Waals surface area contributed by atoms with Gasteiger partial charge in [-0.3, -0.25) is 10.1 Å². The van der Waals surface area contributed by atoms with Crippen LogP contribution < -0.4 is 0 Å². The Balaban J connectivity index is 3.11. The first-order chi connectivity index (χ1) is 7.23. The predicted octanol–water partition coefficient (Wildman–Crippen LogP) is 2.84. The van der Waals surface area contributed by atoms with Gasteiger partial charge in [-0.1, -0.05) is 11.6 Å². The average Bonchev–Trinajstić information content (AvgIpc) is 2.14. The number of aliphatic hydroxyl groups excluding tert-OH is 1. The fraction of sp³-hybridized carbons (Fsp3) is 0.250. The number of rotatable bonds is 2. The molecule has 0 saturated heterocycles. The molecule has 0 aliphatic rings. The van der Waals surface area contributed by atoms with E-state index in [9.17, 15) is 23.3 Å². The first kappa shape index (κ1) is 12.7. The molecule has 0 heterocycles. The minimum absolute atomic E-state index is 0.453. The van der Waals surface area contributed by atoms with Gasteiger partial charge in [0.1, 0.15) is 5.02 Å². The zero-order valence-electron chi connectivity index (χ0n) is 7.53. The summed E-state index contributed by atoms with van der Waals surface area (Å²) < 4.78 is 36.3. The number of hydrogen-bond donors (Lipinski definition) is 1. The Morgan fingerprint density at radius 1 is 1.44 bits per heavy atom. The quantitative estimate of drug-likeness (QED) is 0.653. The Morgan fingerprint density at radius 3 is 2.38 bits per heavy atom. The number of nitrogens with zero attached hydrogens (tertiary/aromatic N) is 1. The molecule has 0 spiro atoms. The molecule has 0 unspecified atom stereocenters. The van der Waals surface area contributed by atoms with Crippen molar-refractivity contribution >= 4 is 17.3 Å². The molecule has 1 aromatic rings. The van der Waals surface area contributed by atoms with Crippen molar-refractivity contribution < 1.29 is 23.2 Å². The molecule has 0 saturated carbocycles. The monoisotopic (exact) mass is 255 g/mol. The third-order valence-electron chi connectivity index (χ3n) is 1.79. The molecule has 0 aromatic heterocycles. The number of nitro groups is 1. The third-order valence-corrected chi connectivity index (χ3v) is 2.10. The number of nitro benzene ring substituents is 1. The van der Waals surface area contributed by atoms with Gasteiger partial charge in [-0.25, -0.2) is 0 Å². The zero-order chi connectivity index (χ0) is 12.5. The third kappa shape index (κ3) is 2.61. The molecule has 0 fully saturated rings. The first-order valence-electron chi connectivity index (χ1n) is 3.92. The molecule has 88 valence electrons. The summed E-state index contributed by atoms with van der Waals surface area (Å²) in [5, 5.41) is 18.7. The zero-order valence-corrected chi connectivity index (χ0v) is 8.29. The second kappa shape index (κ2) is 4.26. The molecular formula is C8H5ClF3NO3. The van der Waals surface area contributed by atoms with Crippen LogP contribution in [0.5, 0.6) is 0 Å². The summed E-state index contributed by atoms with van der Waals surface area (Å²) in [4.78, 5) is 9.51. The number of alkyl halides is 3. The summed E-state index contributed by atoms with van der Waals surface area (Å²) in [5.41, 5.74) is -1.05. The van der Waals surface area contributed by atoms with Gasteiger partial charge in [-0.2, -0.15) is 13.2 Å². The van der Waals surface area contributed by atoms with Gasteiger partial charge in [0.25, 0.3) is 5.69 Å². The molecular weight excluding hydrogens is 251 g/mol. The van der Waals surface area contributed by atoms with Crippen molar-refractivity contribution in [3.05, 3.63) is 38.9 Å². The second-order valence-electron chi connectivity index (χ2n) is 2.91. The SMILES string of the molecule is O=[N+]([O-])c1ccc([C@H](O)C(F)(F)F)cc1Cl. The highest BCUT2D eigenvalue weighted by molar-refractivity contribution is 6.32. The maximum absolute atomic E-state index is 12.1. The molecule has 0 amide bonds. The molecule has 0 bridgehead atoms. The van der Waals surface area contributed by atoms with E-state index in [-0.39, 0.29) is 0 Å². The van der Waals surface area contributed by atoms with Crippen LogP contribution in [0.2, 0.25) is 5.02 Å². The van der Waals surface area contributed by atoms with Crippen molar-refractivity contribution in [1.29, 1.82) is 0 Å². The minimum atomic E-state index is -4.83. The van der Waals surface area contributed by atoms with Crippen molar-refractivity contribution in [3.63, 3.8) is 0 Å². The Morgan fingerprint density at radius 2 is 2.00 bits per heavy atom. The van der Waals surface area contributed by atoms with E-state index < -0.39 is 33.5 Å². The smallest absolute Gasteiger partial charge is 0.379 e. The van der Waals surface area contributed by atoms with Crippen LogP contribution in [-0.2, 0) is 0 Å². The van der Waals surface area contributed by atoms with E-state index in [0.717, 1.165) is 18.2 Å². The number of hydrogen-bond acceptors (Lipinski definition) is 3. The summed E-state index contributed by atoms with van der Waals surface area (Å²) in [5.74, 6) is 0. The molecule has 1 rings (SSSR count). The van der Waals surface area contributed by atoms with E-state index in [1.807, 2.05) is 0 Å². The molecule has 0 aliphatic heterocycles. The number of benzene rings is 1. The predicted molar refractivity (Wildman–Crippen MR) is 49.1 cm³/mol. The molecule has 16 heavy (non-hydrogen) atoms. The minimum Gasteiger partial charge on any atom is -0.379 e. The van der Waals surface area contributed by atoms with Crippen molar-refractivity contribution in [1.82, 2.24) is 0 Å². The first-order valence-corrected chi connectivity index (χ1v) is 4.30. The highest BCUT2D eigenvalue weighted by Gasteiger charge is 2.39. The van der Waals surface area contributed by atoms with Crippen LogP contribution in [0.25, 0.3) is 0 Å². The van der Waals surface area contributed by atoms with Crippen molar-refractivity contribution in [2.45, 2.75) is 12.3 Å². The van der Waals surface area contributed by atoms with Gasteiger partial charge in [-0.05, 0) is 17.7 Å². The van der Waals surface area contributed by atoms with Gasteiger partial charge >= 0.3 is 6.18 Å². The lowest BCUT2D eigenvalue weighted by Gasteiger charge is -2.14. The number of halogens is 4. The van der Waals surface area contributed by atoms with E-state index in [0.29, 0.717) is 0 Å². The molecule has 0 radical (unpaired) electrons. The van der Waals surface area contributed by atoms with Crippen molar-refractivity contribution in [2.75, 3.05) is 0 Å². The molecule has 1 atom stereocenters. The number of aliphatic hydroxyl groups is 1. The molecule has 1 aromatic carbocycles. The summed E-state index contributed by atoms with van der Waals surface area (Å²) in [6.07, 6.45) is -7.54. The Labute approximate surface area is 92.4 Å². The molecule has 1 N–H and O–H groups in total. The van der Waals surface area contributed by atoms with Gasteiger partial charge in [0.2, 0.25) is 0 Å².